The molecule has 0 aliphatic heterocycles. The quantitative estimate of drug-likeness (QED) is 0.172. The molecule has 2 aliphatic rings. The number of fused-ring (bicyclic) bond motifs is 13. The van der Waals surface area contributed by atoms with Gasteiger partial charge in [0.15, 0.2) is 0 Å². The Morgan fingerprint density at radius 3 is 1.92 bits per heavy atom. The van der Waals surface area contributed by atoms with E-state index < -0.39 is 0 Å². The maximum absolute atomic E-state index is 2.57. The molecule has 11 rings (SSSR count). The molecular formula is C56H51NS2. The minimum absolute atomic E-state index is 0.0248. The molecule has 2 heterocycles. The molecule has 0 spiro atoms. The van der Waals surface area contributed by atoms with Gasteiger partial charge in [0.2, 0.25) is 0 Å². The summed E-state index contributed by atoms with van der Waals surface area (Å²) in [4.78, 5) is 2.57. The Hall–Kier alpha value is -5.22. The number of benzene rings is 7. The van der Waals surface area contributed by atoms with Crippen LogP contribution in [-0.2, 0) is 21.7 Å². The van der Waals surface area contributed by atoms with E-state index in [4.69, 9.17) is 0 Å². The van der Waals surface area contributed by atoms with Gasteiger partial charge in [-0.15, -0.1) is 22.7 Å². The number of rotatable bonds is 3. The molecule has 0 saturated carbocycles. The second kappa shape index (κ2) is 12.2. The molecule has 0 unspecified atom stereocenters. The van der Waals surface area contributed by atoms with Crippen molar-refractivity contribution in [3.8, 4) is 22.3 Å². The fourth-order valence-corrected chi connectivity index (χ4v) is 13.4. The lowest BCUT2D eigenvalue weighted by Crippen LogP contribution is -2.17. The van der Waals surface area contributed by atoms with Crippen molar-refractivity contribution in [2.45, 2.75) is 90.9 Å². The van der Waals surface area contributed by atoms with Crippen LogP contribution in [0.1, 0.15) is 103 Å². The molecule has 7 aromatic carbocycles. The van der Waals surface area contributed by atoms with Crippen LogP contribution in [0.25, 0.3) is 62.6 Å². The van der Waals surface area contributed by atoms with Gasteiger partial charge in [-0.2, -0.15) is 0 Å². The second-order valence-corrected chi connectivity index (χ2v) is 22.3. The summed E-state index contributed by atoms with van der Waals surface area (Å²) in [7, 11) is 0. The number of hydrogen-bond acceptors (Lipinski definition) is 3. The van der Waals surface area contributed by atoms with Crippen LogP contribution in [-0.4, -0.2) is 0 Å². The molecule has 2 aromatic heterocycles. The Balaban J connectivity index is 1.18. The molecule has 292 valence electrons. The van der Waals surface area contributed by atoms with Crippen molar-refractivity contribution in [2.24, 2.45) is 0 Å². The summed E-state index contributed by atoms with van der Waals surface area (Å²) in [5, 5.41) is 5.43. The van der Waals surface area contributed by atoms with Crippen LogP contribution >= 0.6 is 22.7 Å². The maximum Gasteiger partial charge on any atom is 0.0543 e. The fraction of sp³-hybridized carbons (Fsp3) is 0.250. The van der Waals surface area contributed by atoms with Gasteiger partial charge in [0, 0.05) is 68.1 Å². The van der Waals surface area contributed by atoms with E-state index in [9.17, 15) is 0 Å². The van der Waals surface area contributed by atoms with Gasteiger partial charge in [-0.25, -0.2) is 0 Å². The Bertz CT molecular complexity index is 3240. The first-order valence-electron chi connectivity index (χ1n) is 21.2. The number of anilines is 3. The minimum Gasteiger partial charge on any atom is -0.310 e. The molecule has 0 radical (unpaired) electrons. The zero-order valence-corrected chi connectivity index (χ0v) is 37.5. The first-order valence-corrected chi connectivity index (χ1v) is 22.8. The summed E-state index contributed by atoms with van der Waals surface area (Å²) in [6.45, 7) is 23.9. The van der Waals surface area contributed by atoms with E-state index in [1.54, 1.807) is 0 Å². The SMILES string of the molecule is CC(C)(C)c1cc(C(C)(C)C)c2sc3c4c(ccc3c2c1)-c1c(N(c2ccc3c(c2)C(C)(C)c2ccccc2-3)c2ccc3c(c2)sc2ccccc23)cccc1C4(C)C. The summed E-state index contributed by atoms with van der Waals surface area (Å²) in [5.41, 5.74) is 17.3. The molecule has 0 bridgehead atoms. The molecule has 0 saturated heterocycles. The Morgan fingerprint density at radius 1 is 0.458 bits per heavy atom. The average molecular weight is 802 g/mol. The smallest absolute Gasteiger partial charge is 0.0543 e. The Kier molecular flexibility index (Phi) is 7.60. The van der Waals surface area contributed by atoms with Crippen molar-refractivity contribution in [1.82, 2.24) is 0 Å². The van der Waals surface area contributed by atoms with Gasteiger partial charge < -0.3 is 4.90 Å². The van der Waals surface area contributed by atoms with E-state index in [1.807, 2.05) is 22.7 Å². The highest BCUT2D eigenvalue weighted by atomic mass is 32.1. The fourth-order valence-electron chi connectivity index (χ4n) is 10.5. The highest BCUT2D eigenvalue weighted by molar-refractivity contribution is 7.26. The number of hydrogen-bond donors (Lipinski definition) is 0. The van der Waals surface area contributed by atoms with E-state index in [1.165, 1.54) is 113 Å². The highest BCUT2D eigenvalue weighted by Gasteiger charge is 2.41. The minimum atomic E-state index is -0.196. The van der Waals surface area contributed by atoms with E-state index in [-0.39, 0.29) is 21.7 Å². The van der Waals surface area contributed by atoms with E-state index >= 15 is 0 Å². The third-order valence-corrected chi connectivity index (χ3v) is 16.1. The van der Waals surface area contributed by atoms with Gasteiger partial charge in [-0.1, -0.05) is 154 Å². The Labute approximate surface area is 357 Å². The van der Waals surface area contributed by atoms with E-state index in [0.717, 1.165) is 0 Å². The lowest BCUT2D eigenvalue weighted by molar-refractivity contribution is 0.573. The zero-order valence-electron chi connectivity index (χ0n) is 35.9. The van der Waals surface area contributed by atoms with Crippen LogP contribution in [0.5, 0.6) is 0 Å². The van der Waals surface area contributed by atoms with Crippen LogP contribution in [0.2, 0.25) is 0 Å². The van der Waals surface area contributed by atoms with E-state index in [2.05, 4.69) is 202 Å². The standard InChI is InChI=1S/C56H51NS2/c1-53(2,3)32-28-41-39-26-27-40-49-43(56(9,10)50(40)52(39)59-51(41)45(29-32)54(4,5)6)19-15-20-46(49)57(34-23-25-38-37-17-12-14-21-47(37)58-48(38)31-34)33-22-24-36-35-16-11-13-18-42(35)55(7,8)44(36)30-33/h11-31H,1-10H3. The van der Waals surface area contributed by atoms with Crippen molar-refractivity contribution in [3.05, 3.63) is 161 Å². The van der Waals surface area contributed by atoms with Crippen LogP contribution in [0, 0.1) is 0 Å². The molecule has 3 heteroatoms. The van der Waals surface area contributed by atoms with Crippen molar-refractivity contribution < 1.29 is 0 Å². The third-order valence-electron chi connectivity index (χ3n) is 13.7. The lowest BCUT2D eigenvalue weighted by atomic mass is 9.79. The second-order valence-electron chi connectivity index (χ2n) is 20.2. The molecular weight excluding hydrogens is 751 g/mol. The normalized spacial score (nSPS) is 15.2. The Morgan fingerprint density at radius 2 is 1.12 bits per heavy atom. The van der Waals surface area contributed by atoms with Gasteiger partial charge >= 0.3 is 0 Å². The van der Waals surface area contributed by atoms with Gasteiger partial charge in [0.05, 0.1) is 5.69 Å². The van der Waals surface area contributed by atoms with Crippen molar-refractivity contribution in [3.63, 3.8) is 0 Å². The molecule has 0 fully saturated rings. The maximum atomic E-state index is 2.57. The summed E-state index contributed by atoms with van der Waals surface area (Å²) in [5.74, 6) is 0. The van der Waals surface area contributed by atoms with Crippen LogP contribution in [0.3, 0.4) is 0 Å². The van der Waals surface area contributed by atoms with Gasteiger partial charge in [0.25, 0.3) is 0 Å². The summed E-state index contributed by atoms with van der Waals surface area (Å²) in [6.07, 6.45) is 0. The number of thiophene rings is 2. The van der Waals surface area contributed by atoms with Crippen molar-refractivity contribution in [1.29, 1.82) is 0 Å². The molecule has 0 N–H and O–H groups in total. The van der Waals surface area contributed by atoms with Gasteiger partial charge in [0.1, 0.15) is 0 Å². The summed E-state index contributed by atoms with van der Waals surface area (Å²) in [6, 6.07) is 49.1. The van der Waals surface area contributed by atoms with Crippen LogP contribution < -0.4 is 4.90 Å². The topological polar surface area (TPSA) is 3.24 Å². The summed E-state index contributed by atoms with van der Waals surface area (Å²) < 4.78 is 5.50. The highest BCUT2D eigenvalue weighted by Crippen LogP contribution is 2.59. The van der Waals surface area contributed by atoms with Gasteiger partial charge in [-0.05, 0) is 103 Å². The monoisotopic (exact) mass is 801 g/mol. The first-order chi connectivity index (χ1) is 28.0. The largest absolute Gasteiger partial charge is 0.310 e. The molecule has 0 amide bonds. The first kappa shape index (κ1) is 36.8. The van der Waals surface area contributed by atoms with Crippen molar-refractivity contribution >= 4 is 80.1 Å². The van der Waals surface area contributed by atoms with E-state index in [0.29, 0.717) is 0 Å². The average Bonchev–Trinajstić information content (AvgIpc) is 3.89. The lowest BCUT2D eigenvalue weighted by Gasteiger charge is -2.30. The van der Waals surface area contributed by atoms with Crippen molar-refractivity contribution in [2.75, 3.05) is 4.90 Å². The zero-order chi connectivity index (χ0) is 41.0. The molecule has 0 atom stereocenters. The van der Waals surface area contributed by atoms with Crippen LogP contribution in [0.15, 0.2) is 127 Å². The molecule has 59 heavy (non-hydrogen) atoms. The van der Waals surface area contributed by atoms with Gasteiger partial charge in [-0.3, -0.25) is 0 Å². The van der Waals surface area contributed by atoms with Crippen LogP contribution in [0.4, 0.5) is 17.1 Å². The predicted octanol–water partition coefficient (Wildman–Crippen LogP) is 17.1. The molecule has 2 aliphatic carbocycles. The molecule has 1 nitrogen and oxygen atoms in total. The number of nitrogens with zero attached hydrogens (tertiary/aromatic N) is 1. The summed E-state index contributed by atoms with van der Waals surface area (Å²) >= 11 is 3.91. The third kappa shape index (κ3) is 5.20. The molecule has 9 aromatic rings. The predicted molar refractivity (Wildman–Crippen MR) is 259 cm³/mol.